The molecule has 0 bridgehead atoms. The number of carbonyl (C=O) groups excluding carboxylic acids is 1. The maximum Gasteiger partial charge on any atom is 0.258 e. The summed E-state index contributed by atoms with van der Waals surface area (Å²) in [7, 11) is 1.57. The van der Waals surface area contributed by atoms with E-state index in [1.807, 2.05) is 0 Å². The molecule has 0 spiro atoms. The van der Waals surface area contributed by atoms with Gasteiger partial charge < -0.3 is 14.6 Å². The number of aromatic nitrogens is 2. The summed E-state index contributed by atoms with van der Waals surface area (Å²) in [4.78, 5) is 27.7. The molecule has 6 nitrogen and oxygen atoms in total. The Morgan fingerprint density at radius 2 is 2.07 bits per heavy atom. The largest absolute Gasteiger partial charge is 0.489 e. The van der Waals surface area contributed by atoms with Gasteiger partial charge in [-0.3, -0.25) is 9.59 Å². The average molecular weight is 388 g/mol. The Labute approximate surface area is 159 Å². The van der Waals surface area contributed by atoms with Crippen LogP contribution in [0.25, 0.3) is 0 Å². The standard InChI is InChI=1S/C19H15ClFN3O3/c1-24-10-13(3-7-18(24)25)19(26)23-17-6-2-12(9-22-17)11-27-14-4-5-16(21)15(20)8-14/h2-10H,11H2,1H3,(H,22,23,26). The highest BCUT2D eigenvalue weighted by atomic mass is 35.5. The fourth-order valence-corrected chi connectivity index (χ4v) is 2.40. The minimum absolute atomic E-state index is 0.0119. The van der Waals surface area contributed by atoms with Gasteiger partial charge in [-0.1, -0.05) is 17.7 Å². The number of amides is 1. The number of rotatable bonds is 5. The summed E-state index contributed by atoms with van der Waals surface area (Å²) in [6, 6.07) is 10.3. The number of halogens is 2. The van der Waals surface area contributed by atoms with Crippen LogP contribution in [0, 0.1) is 5.82 Å². The molecule has 2 aromatic heterocycles. The van der Waals surface area contributed by atoms with Gasteiger partial charge in [-0.15, -0.1) is 0 Å². The van der Waals surface area contributed by atoms with Crippen LogP contribution in [0.15, 0.2) is 59.7 Å². The van der Waals surface area contributed by atoms with E-state index < -0.39 is 5.82 Å². The lowest BCUT2D eigenvalue weighted by molar-refractivity contribution is 0.102. The van der Waals surface area contributed by atoms with E-state index in [0.29, 0.717) is 17.1 Å². The van der Waals surface area contributed by atoms with Crippen molar-refractivity contribution in [3.8, 4) is 5.75 Å². The summed E-state index contributed by atoms with van der Waals surface area (Å²) in [6.07, 6.45) is 3.01. The van der Waals surface area contributed by atoms with Gasteiger partial charge in [0.15, 0.2) is 0 Å². The molecule has 2 heterocycles. The van der Waals surface area contributed by atoms with Crippen molar-refractivity contribution in [1.29, 1.82) is 0 Å². The molecule has 0 aliphatic heterocycles. The Morgan fingerprint density at radius 1 is 1.26 bits per heavy atom. The Kier molecular flexibility index (Phi) is 5.52. The summed E-state index contributed by atoms with van der Waals surface area (Å²) in [6.45, 7) is 0.212. The number of benzene rings is 1. The molecular weight excluding hydrogens is 373 g/mol. The summed E-state index contributed by atoms with van der Waals surface area (Å²) in [5.41, 5.74) is 0.909. The molecule has 8 heteroatoms. The zero-order chi connectivity index (χ0) is 19.4. The van der Waals surface area contributed by atoms with Crippen molar-refractivity contribution in [2.75, 3.05) is 5.32 Å². The van der Waals surface area contributed by atoms with E-state index in [4.69, 9.17) is 16.3 Å². The number of nitrogens with zero attached hydrogens (tertiary/aromatic N) is 2. The van der Waals surface area contributed by atoms with Gasteiger partial charge in [0.25, 0.3) is 5.91 Å². The molecule has 0 aliphatic carbocycles. The number of hydrogen-bond acceptors (Lipinski definition) is 4. The number of nitrogens with one attached hydrogen (secondary N) is 1. The number of hydrogen-bond donors (Lipinski definition) is 1. The number of ether oxygens (including phenoxy) is 1. The molecule has 0 saturated carbocycles. The van der Waals surface area contributed by atoms with E-state index in [2.05, 4.69) is 10.3 Å². The van der Waals surface area contributed by atoms with Crippen LogP contribution < -0.4 is 15.6 Å². The van der Waals surface area contributed by atoms with Crippen molar-refractivity contribution < 1.29 is 13.9 Å². The van der Waals surface area contributed by atoms with Crippen LogP contribution in [0.4, 0.5) is 10.2 Å². The number of pyridine rings is 2. The van der Waals surface area contributed by atoms with Gasteiger partial charge in [0.05, 0.1) is 10.6 Å². The van der Waals surface area contributed by atoms with Crippen LogP contribution in [-0.4, -0.2) is 15.5 Å². The van der Waals surface area contributed by atoms with E-state index in [1.54, 1.807) is 25.4 Å². The quantitative estimate of drug-likeness (QED) is 0.728. The fraction of sp³-hybridized carbons (Fsp3) is 0.105. The van der Waals surface area contributed by atoms with Crippen molar-refractivity contribution in [2.45, 2.75) is 6.61 Å². The lowest BCUT2D eigenvalue weighted by atomic mass is 10.2. The molecule has 1 N–H and O–H groups in total. The second-order valence-corrected chi connectivity index (χ2v) is 6.14. The molecule has 138 valence electrons. The number of anilines is 1. The minimum Gasteiger partial charge on any atom is -0.489 e. The minimum atomic E-state index is -0.510. The molecule has 3 rings (SSSR count). The van der Waals surface area contributed by atoms with Crippen LogP contribution >= 0.6 is 11.6 Å². The smallest absolute Gasteiger partial charge is 0.258 e. The van der Waals surface area contributed by atoms with Gasteiger partial charge in [-0.2, -0.15) is 0 Å². The zero-order valence-corrected chi connectivity index (χ0v) is 15.0. The summed E-state index contributed by atoms with van der Waals surface area (Å²) in [5.74, 6) is -0.0804. The molecule has 0 aliphatic rings. The van der Waals surface area contributed by atoms with Crippen LogP contribution in [0.2, 0.25) is 5.02 Å². The summed E-state index contributed by atoms with van der Waals surface area (Å²) >= 11 is 5.71. The average Bonchev–Trinajstić information content (AvgIpc) is 2.66. The van der Waals surface area contributed by atoms with Gasteiger partial charge in [0.2, 0.25) is 5.56 Å². The van der Waals surface area contributed by atoms with Crippen LogP contribution in [0.1, 0.15) is 15.9 Å². The van der Waals surface area contributed by atoms with Crippen molar-refractivity contribution >= 4 is 23.3 Å². The first-order valence-electron chi connectivity index (χ1n) is 7.93. The highest BCUT2D eigenvalue weighted by molar-refractivity contribution is 6.30. The summed E-state index contributed by atoms with van der Waals surface area (Å²) < 4.78 is 20.0. The molecule has 1 amide bonds. The Morgan fingerprint density at radius 3 is 2.74 bits per heavy atom. The van der Waals surface area contributed by atoms with Crippen LogP contribution in [0.3, 0.4) is 0 Å². The summed E-state index contributed by atoms with van der Waals surface area (Å²) in [5, 5.41) is 2.64. The van der Waals surface area contributed by atoms with Gasteiger partial charge in [-0.25, -0.2) is 9.37 Å². The predicted octanol–water partition coefficient (Wildman–Crippen LogP) is 3.40. The molecule has 0 unspecified atom stereocenters. The molecule has 0 radical (unpaired) electrons. The second kappa shape index (κ2) is 8.01. The van der Waals surface area contributed by atoms with E-state index in [1.165, 1.54) is 41.1 Å². The van der Waals surface area contributed by atoms with Gasteiger partial charge >= 0.3 is 0 Å². The highest BCUT2D eigenvalue weighted by Crippen LogP contribution is 2.22. The Balaban J connectivity index is 1.61. The predicted molar refractivity (Wildman–Crippen MR) is 99.6 cm³/mol. The Hall–Kier alpha value is -3.19. The molecule has 0 atom stereocenters. The normalized spacial score (nSPS) is 10.5. The molecule has 1 aromatic carbocycles. The molecule has 0 fully saturated rings. The third kappa shape index (κ3) is 4.71. The third-order valence-electron chi connectivity index (χ3n) is 3.71. The first kappa shape index (κ1) is 18.6. The van der Waals surface area contributed by atoms with E-state index in [-0.39, 0.29) is 23.1 Å². The van der Waals surface area contributed by atoms with E-state index >= 15 is 0 Å². The first-order chi connectivity index (χ1) is 12.9. The number of aryl methyl sites for hydroxylation is 1. The lowest BCUT2D eigenvalue weighted by Crippen LogP contribution is -2.19. The van der Waals surface area contributed by atoms with Crippen molar-refractivity contribution in [3.05, 3.63) is 87.2 Å². The first-order valence-corrected chi connectivity index (χ1v) is 8.31. The topological polar surface area (TPSA) is 73.2 Å². The van der Waals surface area contributed by atoms with E-state index in [9.17, 15) is 14.0 Å². The number of carbonyl (C=O) groups is 1. The SMILES string of the molecule is Cn1cc(C(=O)Nc2ccc(COc3ccc(F)c(Cl)c3)cn2)ccc1=O. The zero-order valence-electron chi connectivity index (χ0n) is 14.3. The maximum absolute atomic E-state index is 13.1. The van der Waals surface area contributed by atoms with Gasteiger partial charge in [0.1, 0.15) is 24.0 Å². The second-order valence-electron chi connectivity index (χ2n) is 5.74. The van der Waals surface area contributed by atoms with Gasteiger partial charge in [0, 0.05) is 37.1 Å². The van der Waals surface area contributed by atoms with Crippen molar-refractivity contribution in [2.24, 2.45) is 7.05 Å². The van der Waals surface area contributed by atoms with Crippen molar-refractivity contribution in [1.82, 2.24) is 9.55 Å². The Bertz CT molecular complexity index is 1040. The van der Waals surface area contributed by atoms with Crippen molar-refractivity contribution in [3.63, 3.8) is 0 Å². The fourth-order valence-electron chi connectivity index (χ4n) is 2.23. The molecule has 27 heavy (non-hydrogen) atoms. The third-order valence-corrected chi connectivity index (χ3v) is 4.00. The van der Waals surface area contributed by atoms with E-state index in [0.717, 1.165) is 5.56 Å². The van der Waals surface area contributed by atoms with Crippen LogP contribution in [-0.2, 0) is 13.7 Å². The highest BCUT2D eigenvalue weighted by Gasteiger charge is 2.08. The monoisotopic (exact) mass is 387 g/mol. The lowest BCUT2D eigenvalue weighted by Gasteiger charge is -2.08. The molecular formula is C19H15ClFN3O3. The molecule has 3 aromatic rings. The molecule has 0 saturated heterocycles. The maximum atomic E-state index is 13.1. The van der Waals surface area contributed by atoms with Crippen LogP contribution in [0.5, 0.6) is 5.75 Å². The van der Waals surface area contributed by atoms with Gasteiger partial charge in [-0.05, 0) is 24.3 Å².